The molecule has 1 heterocycles. The summed E-state index contributed by atoms with van der Waals surface area (Å²) in [4.78, 5) is 23.1. The fraction of sp³-hybridized carbons (Fsp3) is 0.231. The molecule has 0 radical (unpaired) electrons. The van der Waals surface area contributed by atoms with Crippen molar-refractivity contribution in [3.63, 3.8) is 0 Å². The van der Waals surface area contributed by atoms with Gasteiger partial charge in [0.05, 0.1) is 6.54 Å². The van der Waals surface area contributed by atoms with E-state index in [4.69, 9.17) is 0 Å². The molecule has 1 fully saturated rings. The van der Waals surface area contributed by atoms with E-state index < -0.39 is 0 Å². The monoisotopic (exact) mass is 213 g/mol. The van der Waals surface area contributed by atoms with Crippen LogP contribution >= 0.6 is 0 Å². The number of aldehydes is 1. The van der Waals surface area contributed by atoms with Gasteiger partial charge < -0.3 is 4.90 Å². The highest BCUT2D eigenvalue weighted by Gasteiger charge is 2.34. The average molecular weight is 213 g/mol. The molecule has 1 aliphatic rings. The van der Waals surface area contributed by atoms with Gasteiger partial charge >= 0.3 is 0 Å². The van der Waals surface area contributed by atoms with Crippen LogP contribution < -0.4 is 0 Å². The van der Waals surface area contributed by atoms with Crippen molar-refractivity contribution in [2.45, 2.75) is 13.0 Å². The maximum atomic E-state index is 10.9. The van der Waals surface area contributed by atoms with Gasteiger partial charge in [-0.05, 0) is 12.1 Å². The van der Waals surface area contributed by atoms with Crippen LogP contribution in [0.1, 0.15) is 22.8 Å². The maximum absolute atomic E-state index is 10.9. The maximum Gasteiger partial charge on any atom is 0.220 e. The van der Waals surface area contributed by atoms with Crippen molar-refractivity contribution in [2.75, 3.05) is 6.54 Å². The summed E-state index contributed by atoms with van der Waals surface area (Å²) >= 11 is 0. The number of nitrogens with zero attached hydrogens (tertiary/aromatic N) is 1. The first-order valence-corrected chi connectivity index (χ1v) is 5.04. The molecular formula is C13H11NO2. The molecule has 3 nitrogen and oxygen atoms in total. The minimum atomic E-state index is 0.0654. The Labute approximate surface area is 94.1 Å². The Morgan fingerprint density at radius 2 is 2.12 bits per heavy atom. The fourth-order valence-corrected chi connectivity index (χ4v) is 1.42. The zero-order chi connectivity index (χ0) is 11.5. The lowest BCUT2D eigenvalue weighted by Crippen LogP contribution is -2.06. The summed E-state index contributed by atoms with van der Waals surface area (Å²) in [6.45, 7) is 2.27. The third-order valence-corrected chi connectivity index (χ3v) is 2.45. The Balaban J connectivity index is 2.02. The quantitative estimate of drug-likeness (QED) is 0.397. The second-order valence-corrected chi connectivity index (χ2v) is 3.70. The Kier molecular flexibility index (Phi) is 2.74. The smallest absolute Gasteiger partial charge is 0.220 e. The van der Waals surface area contributed by atoms with Crippen LogP contribution in [0.15, 0.2) is 24.3 Å². The number of benzene rings is 1. The van der Waals surface area contributed by atoms with E-state index in [1.54, 1.807) is 36.1 Å². The van der Waals surface area contributed by atoms with Crippen molar-refractivity contribution in [1.29, 1.82) is 0 Å². The first-order chi connectivity index (χ1) is 7.70. The second-order valence-electron chi connectivity index (χ2n) is 3.70. The number of carbonyl (C=O) groups excluding carboxylic acids is 2. The van der Waals surface area contributed by atoms with Gasteiger partial charge in [0.25, 0.3) is 0 Å². The largest absolute Gasteiger partial charge is 0.324 e. The predicted molar refractivity (Wildman–Crippen MR) is 59.9 cm³/mol. The van der Waals surface area contributed by atoms with Crippen LogP contribution in [0, 0.1) is 11.8 Å². The van der Waals surface area contributed by atoms with E-state index in [-0.39, 0.29) is 11.9 Å². The molecule has 1 aliphatic heterocycles. The van der Waals surface area contributed by atoms with Crippen LogP contribution in [-0.4, -0.2) is 29.7 Å². The lowest BCUT2D eigenvalue weighted by atomic mass is 10.1. The Hall–Kier alpha value is -2.08. The minimum Gasteiger partial charge on any atom is -0.324 e. The topological polar surface area (TPSA) is 37.1 Å². The van der Waals surface area contributed by atoms with Crippen LogP contribution in [0.2, 0.25) is 0 Å². The molecule has 0 aliphatic carbocycles. The molecule has 1 aromatic rings. The molecule has 1 unspecified atom stereocenters. The zero-order valence-corrected chi connectivity index (χ0v) is 8.93. The van der Waals surface area contributed by atoms with Crippen molar-refractivity contribution in [1.82, 2.24) is 4.90 Å². The fourth-order valence-electron chi connectivity index (χ4n) is 1.42. The average Bonchev–Trinajstić information content (AvgIpc) is 3.06. The van der Waals surface area contributed by atoms with Crippen LogP contribution in [0.5, 0.6) is 0 Å². The molecule has 0 spiro atoms. The lowest BCUT2D eigenvalue weighted by molar-refractivity contribution is -0.123. The van der Waals surface area contributed by atoms with E-state index in [9.17, 15) is 9.59 Å². The highest BCUT2D eigenvalue weighted by Crippen LogP contribution is 2.15. The molecule has 80 valence electrons. The van der Waals surface area contributed by atoms with Crippen molar-refractivity contribution >= 4 is 12.2 Å². The minimum absolute atomic E-state index is 0.0654. The molecule has 16 heavy (non-hydrogen) atoms. The van der Waals surface area contributed by atoms with Gasteiger partial charge in [-0.1, -0.05) is 24.0 Å². The van der Waals surface area contributed by atoms with Gasteiger partial charge in [0.1, 0.15) is 12.3 Å². The van der Waals surface area contributed by atoms with E-state index in [0.717, 1.165) is 18.4 Å². The van der Waals surface area contributed by atoms with Crippen LogP contribution in [0.25, 0.3) is 0 Å². The molecule has 1 saturated heterocycles. The molecule has 1 atom stereocenters. The van der Waals surface area contributed by atoms with Crippen molar-refractivity contribution in [2.24, 2.45) is 0 Å². The highest BCUT2D eigenvalue weighted by atomic mass is 16.2. The third-order valence-electron chi connectivity index (χ3n) is 2.45. The normalized spacial score (nSPS) is 17.3. The molecule has 0 bridgehead atoms. The summed E-state index contributed by atoms with van der Waals surface area (Å²) in [5, 5.41) is 0. The highest BCUT2D eigenvalue weighted by molar-refractivity contribution is 5.77. The van der Waals surface area contributed by atoms with Crippen LogP contribution in [-0.2, 0) is 4.79 Å². The number of rotatable bonds is 1. The SMILES string of the molecule is CC(=O)N1CC1C#Cc1ccc(C=O)cc1. The first-order valence-electron chi connectivity index (χ1n) is 5.04. The van der Waals surface area contributed by atoms with Gasteiger partial charge in [-0.15, -0.1) is 0 Å². The number of hydrogen-bond acceptors (Lipinski definition) is 2. The van der Waals surface area contributed by atoms with Gasteiger partial charge in [-0.25, -0.2) is 0 Å². The molecule has 0 saturated carbocycles. The van der Waals surface area contributed by atoms with Gasteiger partial charge in [0.15, 0.2) is 0 Å². The second kappa shape index (κ2) is 4.19. The molecular weight excluding hydrogens is 202 g/mol. The zero-order valence-electron chi connectivity index (χ0n) is 8.93. The molecule has 3 heteroatoms. The molecule has 1 amide bonds. The third kappa shape index (κ3) is 2.29. The molecule has 0 aromatic heterocycles. The molecule has 1 aromatic carbocycles. The van der Waals surface area contributed by atoms with Crippen LogP contribution in [0.4, 0.5) is 0 Å². The number of hydrogen-bond donors (Lipinski definition) is 0. The summed E-state index contributed by atoms with van der Waals surface area (Å²) in [5.74, 6) is 6.06. The Bertz CT molecular complexity index is 479. The molecule has 2 rings (SSSR count). The molecule has 0 N–H and O–H groups in total. The predicted octanol–water partition coefficient (Wildman–Crippen LogP) is 1.08. The summed E-state index contributed by atoms with van der Waals surface area (Å²) in [7, 11) is 0. The van der Waals surface area contributed by atoms with Gasteiger partial charge in [0.2, 0.25) is 5.91 Å². The Morgan fingerprint density at radius 1 is 1.44 bits per heavy atom. The first kappa shape index (κ1) is 10.4. The standard InChI is InChI=1S/C13H11NO2/c1-10(16)14-8-13(14)7-6-11-2-4-12(9-15)5-3-11/h2-5,9,13H,8H2,1H3. The Morgan fingerprint density at radius 3 is 2.62 bits per heavy atom. The van der Waals surface area contributed by atoms with Crippen molar-refractivity contribution < 1.29 is 9.59 Å². The van der Waals surface area contributed by atoms with Gasteiger partial charge in [0, 0.05) is 18.1 Å². The van der Waals surface area contributed by atoms with Crippen molar-refractivity contribution in [3.8, 4) is 11.8 Å². The van der Waals surface area contributed by atoms with E-state index >= 15 is 0 Å². The summed E-state index contributed by atoms with van der Waals surface area (Å²) in [6, 6.07) is 7.14. The van der Waals surface area contributed by atoms with E-state index in [1.165, 1.54) is 0 Å². The van der Waals surface area contributed by atoms with Crippen LogP contribution in [0.3, 0.4) is 0 Å². The van der Waals surface area contributed by atoms with E-state index in [1.807, 2.05) is 0 Å². The summed E-state index contributed by atoms with van der Waals surface area (Å²) in [5.41, 5.74) is 1.50. The number of amides is 1. The van der Waals surface area contributed by atoms with E-state index in [2.05, 4.69) is 11.8 Å². The van der Waals surface area contributed by atoms with Gasteiger partial charge in [-0.2, -0.15) is 0 Å². The van der Waals surface area contributed by atoms with E-state index in [0.29, 0.717) is 5.56 Å². The number of carbonyl (C=O) groups is 2. The summed E-state index contributed by atoms with van der Waals surface area (Å²) in [6.07, 6.45) is 0.801. The van der Waals surface area contributed by atoms with Gasteiger partial charge in [-0.3, -0.25) is 9.59 Å². The summed E-state index contributed by atoms with van der Waals surface area (Å²) < 4.78 is 0. The van der Waals surface area contributed by atoms with Crippen molar-refractivity contribution in [3.05, 3.63) is 35.4 Å². The lowest BCUT2D eigenvalue weighted by Gasteiger charge is -1.92.